The molecule has 0 amide bonds. The van der Waals surface area contributed by atoms with Gasteiger partial charge in [-0.2, -0.15) is 0 Å². The van der Waals surface area contributed by atoms with Crippen LogP contribution in [0.4, 0.5) is 11.4 Å². The quantitative estimate of drug-likeness (QED) is 0.537. The Morgan fingerprint density at radius 1 is 0.606 bits per heavy atom. The number of hydrogen-bond donors (Lipinski definition) is 0. The summed E-state index contributed by atoms with van der Waals surface area (Å²) in [5, 5.41) is 0. The third kappa shape index (κ3) is 5.07. The lowest BCUT2D eigenvalue weighted by atomic mass is 9.76. The molecule has 0 unspecified atom stereocenters. The molecule has 0 N–H and O–H groups in total. The van der Waals surface area contributed by atoms with Crippen LogP contribution in [0, 0.1) is 6.92 Å². The number of piperidine rings is 2. The lowest BCUT2D eigenvalue weighted by Gasteiger charge is -2.56. The fourth-order valence-corrected chi connectivity index (χ4v) is 6.76. The van der Waals surface area contributed by atoms with E-state index in [9.17, 15) is 0 Å². The van der Waals surface area contributed by atoms with E-state index in [4.69, 9.17) is 0 Å². The van der Waals surface area contributed by atoms with Gasteiger partial charge in [0.2, 0.25) is 0 Å². The smallest absolute Gasteiger partial charge is 0.0389 e. The fourth-order valence-electron chi connectivity index (χ4n) is 6.76. The number of aryl methyl sites for hydroxylation is 1. The van der Waals surface area contributed by atoms with Crippen molar-refractivity contribution in [1.82, 2.24) is 9.80 Å². The van der Waals surface area contributed by atoms with Gasteiger partial charge in [0, 0.05) is 59.7 Å². The van der Waals surface area contributed by atoms with Gasteiger partial charge in [-0.05, 0) is 126 Å². The molecule has 2 fully saturated rings. The molecule has 2 aliphatic heterocycles. The first kappa shape index (κ1) is 26.3. The van der Waals surface area contributed by atoms with E-state index in [-0.39, 0.29) is 22.2 Å². The summed E-state index contributed by atoms with van der Waals surface area (Å²) in [6.45, 7) is 21.4. The Morgan fingerprint density at radius 3 is 1.15 bits per heavy atom. The Labute approximate surface area is 205 Å². The second kappa shape index (κ2) is 8.45. The summed E-state index contributed by atoms with van der Waals surface area (Å²) in [7, 11) is 9.20. The molecule has 1 aromatic rings. The predicted octanol–water partition coefficient (Wildman–Crippen LogP) is 6.17. The van der Waals surface area contributed by atoms with E-state index in [2.05, 4.69) is 128 Å². The second-order valence-corrected chi connectivity index (χ2v) is 13.7. The average molecular weight is 457 g/mol. The second-order valence-electron chi connectivity index (χ2n) is 13.7. The minimum atomic E-state index is 0.190. The maximum Gasteiger partial charge on any atom is 0.0389 e. The minimum Gasteiger partial charge on any atom is -0.371 e. The zero-order chi connectivity index (χ0) is 25.1. The number of hydrogen-bond acceptors (Lipinski definition) is 4. The largest absolute Gasteiger partial charge is 0.371 e. The molecule has 3 rings (SSSR count). The molecule has 0 radical (unpaired) electrons. The van der Waals surface area contributed by atoms with Crippen molar-refractivity contribution in [2.45, 2.75) is 122 Å². The topological polar surface area (TPSA) is 13.0 Å². The SMILES string of the molecule is Cc1cc(N(C)C2CC(C)(C)N(C)C(C)(C)C2)cc(N(C)C2CC(C)(C)N(C)C(C)(C)C2)c1. The van der Waals surface area contributed by atoms with E-state index in [1.807, 2.05) is 0 Å². The minimum absolute atomic E-state index is 0.190. The average Bonchev–Trinajstić information content (AvgIpc) is 2.67. The van der Waals surface area contributed by atoms with Crippen molar-refractivity contribution in [2.24, 2.45) is 0 Å². The van der Waals surface area contributed by atoms with Crippen molar-refractivity contribution in [3.8, 4) is 0 Å². The van der Waals surface area contributed by atoms with Crippen molar-refractivity contribution in [3.05, 3.63) is 23.8 Å². The molecule has 0 aliphatic carbocycles. The van der Waals surface area contributed by atoms with Crippen LogP contribution in [0.2, 0.25) is 0 Å². The Hall–Kier alpha value is -1.26. The number of benzene rings is 1. The first-order valence-electron chi connectivity index (χ1n) is 12.9. The van der Waals surface area contributed by atoms with E-state index in [0.29, 0.717) is 12.1 Å². The maximum atomic E-state index is 2.57. The highest BCUT2D eigenvalue weighted by Crippen LogP contribution is 2.42. The number of likely N-dealkylation sites (tertiary alicyclic amines) is 2. The van der Waals surface area contributed by atoms with Gasteiger partial charge in [-0.1, -0.05) is 0 Å². The summed E-state index contributed by atoms with van der Waals surface area (Å²) < 4.78 is 0. The zero-order valence-corrected chi connectivity index (χ0v) is 24.0. The van der Waals surface area contributed by atoms with Gasteiger partial charge in [-0.25, -0.2) is 0 Å². The molecular weight excluding hydrogens is 404 g/mol. The summed E-state index contributed by atoms with van der Waals surface area (Å²) in [4.78, 5) is 10.3. The van der Waals surface area contributed by atoms with E-state index in [1.165, 1.54) is 42.6 Å². The van der Waals surface area contributed by atoms with Crippen LogP contribution < -0.4 is 9.80 Å². The first-order chi connectivity index (χ1) is 14.9. The van der Waals surface area contributed by atoms with E-state index < -0.39 is 0 Å². The van der Waals surface area contributed by atoms with Gasteiger partial charge in [0.15, 0.2) is 0 Å². The summed E-state index contributed by atoms with van der Waals surface area (Å²) >= 11 is 0. The molecule has 33 heavy (non-hydrogen) atoms. The standard InChI is InChI=1S/C29H52N4/c1-21-14-22(30(10)24-17-26(2,3)32(12)27(4,5)18-24)16-23(15-21)31(11)25-19-28(6,7)33(13)29(8,9)20-25/h14-16,24-25H,17-20H2,1-13H3. The molecule has 0 aromatic heterocycles. The van der Waals surface area contributed by atoms with Gasteiger partial charge < -0.3 is 9.80 Å². The molecule has 0 saturated carbocycles. The van der Waals surface area contributed by atoms with Gasteiger partial charge in [-0.3, -0.25) is 9.80 Å². The normalized spacial score (nSPS) is 25.7. The van der Waals surface area contributed by atoms with Gasteiger partial charge in [0.25, 0.3) is 0 Å². The molecule has 0 spiro atoms. The lowest BCUT2D eigenvalue weighted by Crippen LogP contribution is -2.62. The van der Waals surface area contributed by atoms with E-state index >= 15 is 0 Å². The molecule has 4 heteroatoms. The van der Waals surface area contributed by atoms with Crippen LogP contribution >= 0.6 is 0 Å². The highest BCUT2D eigenvalue weighted by molar-refractivity contribution is 5.62. The predicted molar refractivity (Wildman–Crippen MR) is 146 cm³/mol. The highest BCUT2D eigenvalue weighted by atomic mass is 15.3. The Morgan fingerprint density at radius 2 is 0.879 bits per heavy atom. The van der Waals surface area contributed by atoms with Crippen LogP contribution in [0.1, 0.15) is 86.6 Å². The van der Waals surface area contributed by atoms with Crippen molar-refractivity contribution in [3.63, 3.8) is 0 Å². The summed E-state index contributed by atoms with van der Waals surface area (Å²) in [6.07, 6.45) is 4.72. The molecule has 0 atom stereocenters. The van der Waals surface area contributed by atoms with Crippen molar-refractivity contribution in [2.75, 3.05) is 38.0 Å². The van der Waals surface area contributed by atoms with Crippen LogP contribution in [0.25, 0.3) is 0 Å². The lowest BCUT2D eigenvalue weighted by molar-refractivity contribution is -0.0120. The van der Waals surface area contributed by atoms with Gasteiger partial charge in [0.05, 0.1) is 0 Å². The van der Waals surface area contributed by atoms with E-state index in [1.54, 1.807) is 0 Å². The number of nitrogens with zero attached hydrogens (tertiary/aromatic N) is 4. The van der Waals surface area contributed by atoms with Crippen molar-refractivity contribution in [1.29, 1.82) is 0 Å². The van der Waals surface area contributed by atoms with Gasteiger partial charge >= 0.3 is 0 Å². The number of anilines is 2. The Kier molecular flexibility index (Phi) is 6.74. The van der Waals surface area contributed by atoms with Crippen LogP contribution in [0.15, 0.2) is 18.2 Å². The zero-order valence-electron chi connectivity index (χ0n) is 24.0. The Balaban J connectivity index is 1.88. The van der Waals surface area contributed by atoms with Crippen molar-refractivity contribution < 1.29 is 0 Å². The molecule has 0 bridgehead atoms. The molecule has 1 aromatic carbocycles. The van der Waals surface area contributed by atoms with Crippen LogP contribution in [-0.2, 0) is 0 Å². The van der Waals surface area contributed by atoms with E-state index in [0.717, 1.165) is 0 Å². The summed E-state index contributed by atoms with van der Waals surface area (Å²) in [5.74, 6) is 0. The molecule has 2 saturated heterocycles. The molecule has 2 heterocycles. The van der Waals surface area contributed by atoms with Gasteiger partial charge in [-0.15, -0.1) is 0 Å². The fraction of sp³-hybridized carbons (Fsp3) is 0.793. The molecular formula is C29H52N4. The summed E-state index contributed by atoms with van der Waals surface area (Å²) in [6, 6.07) is 8.25. The van der Waals surface area contributed by atoms with Crippen molar-refractivity contribution >= 4 is 11.4 Å². The maximum absolute atomic E-state index is 2.57. The third-order valence-electron chi connectivity index (χ3n) is 9.53. The number of rotatable bonds is 4. The van der Waals surface area contributed by atoms with Crippen LogP contribution in [0.3, 0.4) is 0 Å². The summed E-state index contributed by atoms with van der Waals surface area (Å²) in [5.41, 5.74) is 4.81. The first-order valence-corrected chi connectivity index (χ1v) is 12.9. The molecule has 188 valence electrons. The highest BCUT2D eigenvalue weighted by Gasteiger charge is 2.45. The monoisotopic (exact) mass is 456 g/mol. The molecule has 2 aliphatic rings. The van der Waals surface area contributed by atoms with Crippen LogP contribution in [-0.4, -0.2) is 72.2 Å². The molecule has 4 nitrogen and oxygen atoms in total. The van der Waals surface area contributed by atoms with Crippen LogP contribution in [0.5, 0.6) is 0 Å². The Bertz CT molecular complexity index is 751. The third-order valence-corrected chi connectivity index (χ3v) is 9.53. The van der Waals surface area contributed by atoms with Gasteiger partial charge in [0.1, 0.15) is 0 Å².